The number of nitro groups is 1. The normalized spacial score (nSPS) is 14.5. The molecule has 0 atom stereocenters. The number of dihydropyridines is 1. The van der Waals surface area contributed by atoms with Gasteiger partial charge in [-0.3, -0.25) is 14.9 Å². The Labute approximate surface area is 154 Å². The van der Waals surface area contributed by atoms with Crippen LogP contribution < -0.4 is 5.32 Å². The second kappa shape index (κ2) is 7.81. The molecular weight excluding hydrogens is 356 g/mol. The maximum atomic E-state index is 12.4. The summed E-state index contributed by atoms with van der Waals surface area (Å²) < 4.78 is 9.65. The topological polar surface area (TPSA) is 125 Å². The van der Waals surface area contributed by atoms with Gasteiger partial charge >= 0.3 is 11.9 Å². The van der Waals surface area contributed by atoms with Crippen molar-refractivity contribution in [2.45, 2.75) is 19.8 Å². The van der Waals surface area contributed by atoms with Crippen LogP contribution in [0.3, 0.4) is 0 Å². The molecule has 0 amide bonds. The number of esters is 2. The van der Waals surface area contributed by atoms with Crippen molar-refractivity contribution in [2.75, 3.05) is 14.2 Å². The van der Waals surface area contributed by atoms with Crippen molar-refractivity contribution in [3.05, 3.63) is 62.0 Å². The first kappa shape index (κ1) is 19.8. The summed E-state index contributed by atoms with van der Waals surface area (Å²) in [4.78, 5) is 47.0. The Kier molecular flexibility index (Phi) is 5.74. The fourth-order valence-corrected chi connectivity index (χ4v) is 3.10. The molecule has 0 radical (unpaired) electrons. The van der Waals surface area contributed by atoms with Crippen LogP contribution in [0, 0.1) is 10.1 Å². The predicted octanol–water partition coefficient (Wildman–Crippen LogP) is 1.99. The highest BCUT2D eigenvalue weighted by Gasteiger charge is 2.39. The summed E-state index contributed by atoms with van der Waals surface area (Å²) in [5.74, 6) is -2.53. The van der Waals surface area contributed by atoms with E-state index in [2.05, 4.69) is 5.32 Å². The number of nitrogens with one attached hydrogen (secondary N) is 1. The number of rotatable bonds is 5. The molecule has 0 unspecified atom stereocenters. The van der Waals surface area contributed by atoms with E-state index < -0.39 is 22.8 Å². The van der Waals surface area contributed by atoms with E-state index in [1.807, 2.05) is 0 Å². The number of carbonyl (C=O) groups excluding carboxylic acids is 3. The molecular formula is C18H18N2O7. The van der Waals surface area contributed by atoms with Gasteiger partial charge in [-0.05, 0) is 25.5 Å². The second-order valence-corrected chi connectivity index (χ2v) is 5.81. The Morgan fingerprint density at radius 2 is 1.63 bits per heavy atom. The molecule has 142 valence electrons. The maximum absolute atomic E-state index is 12.4. The predicted molar refractivity (Wildman–Crippen MR) is 93.8 cm³/mol. The molecule has 0 aliphatic carbocycles. The van der Waals surface area contributed by atoms with E-state index in [1.165, 1.54) is 32.4 Å². The van der Waals surface area contributed by atoms with Crippen molar-refractivity contribution < 1.29 is 28.8 Å². The van der Waals surface area contributed by atoms with Crippen LogP contribution in [0.5, 0.6) is 0 Å². The molecule has 9 nitrogen and oxygen atoms in total. The van der Waals surface area contributed by atoms with Crippen molar-refractivity contribution in [1.82, 2.24) is 5.32 Å². The molecule has 27 heavy (non-hydrogen) atoms. The molecule has 2 rings (SSSR count). The zero-order chi connectivity index (χ0) is 20.3. The lowest BCUT2D eigenvalue weighted by atomic mass is 9.78. The number of nitro benzene ring substituents is 1. The summed E-state index contributed by atoms with van der Waals surface area (Å²) in [6, 6.07) is 3.63. The Morgan fingerprint density at radius 1 is 1.11 bits per heavy atom. The van der Waals surface area contributed by atoms with E-state index in [0.29, 0.717) is 17.7 Å². The summed E-state index contributed by atoms with van der Waals surface area (Å²) in [7, 11) is 2.35. The Bertz CT molecular complexity index is 861. The first-order valence-corrected chi connectivity index (χ1v) is 7.85. The van der Waals surface area contributed by atoms with E-state index >= 15 is 0 Å². The summed E-state index contributed by atoms with van der Waals surface area (Å²) in [6.45, 7) is 3.21. The van der Waals surface area contributed by atoms with E-state index in [4.69, 9.17) is 9.47 Å². The molecule has 1 heterocycles. The molecule has 0 aromatic heterocycles. The first-order valence-electron chi connectivity index (χ1n) is 7.85. The van der Waals surface area contributed by atoms with Gasteiger partial charge in [0, 0.05) is 29.1 Å². The molecule has 1 N–H and O–H groups in total. The van der Waals surface area contributed by atoms with Crippen molar-refractivity contribution >= 4 is 23.9 Å². The Hall–Kier alpha value is -3.49. The van der Waals surface area contributed by atoms with Gasteiger partial charge in [0.15, 0.2) is 0 Å². The number of carbonyl (C=O) groups is 3. The fraction of sp³-hybridized carbons (Fsp3) is 0.278. The lowest BCUT2D eigenvalue weighted by molar-refractivity contribution is -0.384. The number of methoxy groups -OCH3 is 2. The number of aldehydes is 1. The fourth-order valence-electron chi connectivity index (χ4n) is 3.10. The number of hydrogen-bond donors (Lipinski definition) is 1. The SMILES string of the molecule is COC(=O)C1=C(C)NC(C)=C(C(=O)OC)C1c1cc([N+](=O)[O-])ccc1C=O. The minimum absolute atomic E-state index is 0.0621. The zero-order valence-corrected chi connectivity index (χ0v) is 15.2. The van der Waals surface area contributed by atoms with Gasteiger partial charge in [-0.1, -0.05) is 0 Å². The van der Waals surface area contributed by atoms with Crippen molar-refractivity contribution in [3.8, 4) is 0 Å². The molecule has 0 fully saturated rings. The van der Waals surface area contributed by atoms with Crippen LogP contribution in [-0.4, -0.2) is 37.4 Å². The summed E-state index contributed by atoms with van der Waals surface area (Å²) in [5, 5.41) is 14.1. The highest BCUT2D eigenvalue weighted by molar-refractivity contribution is 6.00. The van der Waals surface area contributed by atoms with Crippen molar-refractivity contribution in [2.24, 2.45) is 0 Å². The van der Waals surface area contributed by atoms with E-state index in [1.54, 1.807) is 13.8 Å². The van der Waals surface area contributed by atoms with E-state index in [0.717, 1.165) is 0 Å². The van der Waals surface area contributed by atoms with Crippen molar-refractivity contribution in [3.63, 3.8) is 0 Å². The zero-order valence-electron chi connectivity index (χ0n) is 15.2. The number of non-ortho nitro benzene ring substituents is 1. The monoisotopic (exact) mass is 374 g/mol. The van der Waals surface area contributed by atoms with Crippen LogP contribution in [0.15, 0.2) is 40.7 Å². The van der Waals surface area contributed by atoms with E-state index in [9.17, 15) is 24.5 Å². The highest BCUT2D eigenvalue weighted by Crippen LogP contribution is 2.41. The molecule has 0 spiro atoms. The quantitative estimate of drug-likeness (QED) is 0.359. The highest BCUT2D eigenvalue weighted by atomic mass is 16.6. The third-order valence-electron chi connectivity index (χ3n) is 4.29. The van der Waals surface area contributed by atoms with Gasteiger partial charge in [0.05, 0.1) is 36.2 Å². The van der Waals surface area contributed by atoms with Crippen molar-refractivity contribution in [1.29, 1.82) is 0 Å². The molecule has 1 aliphatic rings. The molecule has 0 saturated heterocycles. The van der Waals surface area contributed by atoms with Crippen LogP contribution in [0.25, 0.3) is 0 Å². The number of benzene rings is 1. The summed E-state index contributed by atoms with van der Waals surface area (Å²) in [6.07, 6.45) is 0.509. The van der Waals surface area contributed by atoms with Crippen LogP contribution in [0.4, 0.5) is 5.69 Å². The van der Waals surface area contributed by atoms with Crippen LogP contribution in [0.1, 0.15) is 35.7 Å². The van der Waals surface area contributed by atoms with Gasteiger partial charge in [0.1, 0.15) is 6.29 Å². The van der Waals surface area contributed by atoms with Gasteiger partial charge in [0.25, 0.3) is 5.69 Å². The van der Waals surface area contributed by atoms with Gasteiger partial charge in [-0.15, -0.1) is 0 Å². The third kappa shape index (κ3) is 3.57. The van der Waals surface area contributed by atoms with Gasteiger partial charge in [-0.2, -0.15) is 0 Å². The molecule has 9 heteroatoms. The Morgan fingerprint density at radius 3 is 2.04 bits per heavy atom. The molecule has 1 aliphatic heterocycles. The number of nitrogens with zero attached hydrogens (tertiary/aromatic N) is 1. The minimum atomic E-state index is -1.06. The van der Waals surface area contributed by atoms with E-state index in [-0.39, 0.29) is 28.0 Å². The third-order valence-corrected chi connectivity index (χ3v) is 4.29. The number of hydrogen-bond acceptors (Lipinski definition) is 8. The van der Waals surface area contributed by atoms with Gasteiger partial charge in [-0.25, -0.2) is 9.59 Å². The minimum Gasteiger partial charge on any atom is -0.466 e. The summed E-state index contributed by atoms with van der Waals surface area (Å²) >= 11 is 0. The summed E-state index contributed by atoms with van der Waals surface area (Å²) in [5.41, 5.74) is 0.897. The smallest absolute Gasteiger partial charge is 0.336 e. The van der Waals surface area contributed by atoms with Gasteiger partial charge < -0.3 is 14.8 Å². The lowest BCUT2D eigenvalue weighted by Gasteiger charge is -2.30. The maximum Gasteiger partial charge on any atom is 0.336 e. The molecule has 0 bridgehead atoms. The first-order chi connectivity index (χ1) is 12.8. The average Bonchev–Trinajstić information content (AvgIpc) is 2.65. The standard InChI is InChI=1S/C18H18N2O7/c1-9-14(17(22)26-3)16(15(10(2)19-9)18(23)27-4)13-7-12(20(24)25)6-5-11(13)8-21/h5-8,16,19H,1-4H3. The van der Waals surface area contributed by atoms with Gasteiger partial charge in [0.2, 0.25) is 0 Å². The van der Waals surface area contributed by atoms with Crippen LogP contribution in [-0.2, 0) is 19.1 Å². The molecule has 1 aromatic carbocycles. The number of ether oxygens (including phenoxy) is 2. The number of allylic oxidation sites excluding steroid dienone is 2. The average molecular weight is 374 g/mol. The van der Waals surface area contributed by atoms with Crippen LogP contribution in [0.2, 0.25) is 0 Å². The lowest BCUT2D eigenvalue weighted by Crippen LogP contribution is -2.32. The largest absolute Gasteiger partial charge is 0.466 e. The Balaban J connectivity index is 2.86. The molecule has 1 aromatic rings. The second-order valence-electron chi connectivity index (χ2n) is 5.81. The van der Waals surface area contributed by atoms with Crippen LogP contribution >= 0.6 is 0 Å². The molecule has 0 saturated carbocycles.